The number of rotatable bonds is 3. The molecule has 2 aromatic rings. The van der Waals surface area contributed by atoms with E-state index in [1.54, 1.807) is 12.1 Å². The maximum Gasteiger partial charge on any atom is 0.250 e. The van der Waals surface area contributed by atoms with E-state index in [4.69, 9.17) is 23.8 Å². The van der Waals surface area contributed by atoms with Gasteiger partial charge in [-0.2, -0.15) is 0 Å². The van der Waals surface area contributed by atoms with E-state index in [2.05, 4.69) is 10.6 Å². The number of amides is 1. The van der Waals surface area contributed by atoms with Gasteiger partial charge in [0.15, 0.2) is 5.11 Å². The Morgan fingerprint density at radius 2 is 1.91 bits per heavy atom. The molecule has 0 aliphatic heterocycles. The Hall–Kier alpha value is -2.17. The van der Waals surface area contributed by atoms with Crippen LogP contribution in [0.4, 0.5) is 5.69 Å². The molecule has 0 aromatic heterocycles. The molecule has 0 saturated heterocycles. The van der Waals surface area contributed by atoms with Crippen LogP contribution in [0.25, 0.3) is 6.08 Å². The fraction of sp³-hybridized carbons (Fsp3) is 0.0588. The van der Waals surface area contributed by atoms with E-state index in [1.165, 1.54) is 6.08 Å². The van der Waals surface area contributed by atoms with Crippen molar-refractivity contribution in [3.63, 3.8) is 0 Å². The third kappa shape index (κ3) is 4.98. The molecular weight excluding hydrogens is 316 g/mol. The number of halogens is 1. The SMILES string of the molecule is Cc1ccc(NC(=S)NC(=O)C=Cc2ccccc2)cc1Cl. The van der Waals surface area contributed by atoms with Crippen LogP contribution in [0.2, 0.25) is 5.02 Å². The quantitative estimate of drug-likeness (QED) is 0.655. The van der Waals surface area contributed by atoms with Gasteiger partial charge in [-0.25, -0.2) is 0 Å². The first-order valence-electron chi connectivity index (χ1n) is 6.66. The van der Waals surface area contributed by atoms with Gasteiger partial charge in [-0.1, -0.05) is 48.0 Å². The minimum absolute atomic E-state index is 0.225. The van der Waals surface area contributed by atoms with E-state index < -0.39 is 0 Å². The summed E-state index contributed by atoms with van der Waals surface area (Å²) in [5.41, 5.74) is 2.66. The Morgan fingerprint density at radius 1 is 1.18 bits per heavy atom. The second-order valence-corrected chi connectivity index (χ2v) is 5.47. The topological polar surface area (TPSA) is 41.1 Å². The number of aryl methyl sites for hydroxylation is 1. The molecule has 3 nitrogen and oxygen atoms in total. The molecule has 0 fully saturated rings. The van der Waals surface area contributed by atoms with E-state index in [1.807, 2.05) is 49.4 Å². The van der Waals surface area contributed by atoms with Crippen molar-refractivity contribution in [1.29, 1.82) is 0 Å². The average Bonchev–Trinajstić information content (AvgIpc) is 2.50. The van der Waals surface area contributed by atoms with Crippen LogP contribution < -0.4 is 10.6 Å². The Labute approximate surface area is 140 Å². The summed E-state index contributed by atoms with van der Waals surface area (Å²) in [6.45, 7) is 1.92. The lowest BCUT2D eigenvalue weighted by atomic mass is 10.2. The minimum Gasteiger partial charge on any atom is -0.332 e. The summed E-state index contributed by atoms with van der Waals surface area (Å²) in [5, 5.41) is 6.37. The third-order valence-corrected chi connectivity index (χ3v) is 3.50. The van der Waals surface area contributed by atoms with Crippen LogP contribution in [0.5, 0.6) is 0 Å². The molecule has 1 amide bonds. The Bertz CT molecular complexity index is 714. The van der Waals surface area contributed by atoms with Crippen molar-refractivity contribution >= 4 is 46.6 Å². The summed E-state index contributed by atoms with van der Waals surface area (Å²) in [7, 11) is 0. The lowest BCUT2D eigenvalue weighted by Gasteiger charge is -2.09. The fourth-order valence-electron chi connectivity index (χ4n) is 1.72. The number of nitrogens with one attached hydrogen (secondary N) is 2. The first kappa shape index (κ1) is 16.2. The van der Waals surface area contributed by atoms with Crippen LogP contribution in [-0.2, 0) is 4.79 Å². The molecule has 112 valence electrons. The molecular formula is C17H15ClN2OS. The van der Waals surface area contributed by atoms with Crippen molar-refractivity contribution in [2.75, 3.05) is 5.32 Å². The van der Waals surface area contributed by atoms with E-state index >= 15 is 0 Å². The molecule has 0 radical (unpaired) electrons. The Balaban J connectivity index is 1.90. The summed E-state index contributed by atoms with van der Waals surface area (Å²) < 4.78 is 0. The second kappa shape index (κ2) is 7.73. The van der Waals surface area contributed by atoms with E-state index in [0.717, 1.165) is 16.8 Å². The maximum absolute atomic E-state index is 11.8. The molecule has 0 aliphatic carbocycles. The highest BCUT2D eigenvalue weighted by Crippen LogP contribution is 2.19. The number of carbonyl (C=O) groups excluding carboxylic acids is 1. The van der Waals surface area contributed by atoms with Crippen LogP contribution in [0.1, 0.15) is 11.1 Å². The second-order valence-electron chi connectivity index (χ2n) is 4.65. The summed E-state index contributed by atoms with van der Waals surface area (Å²) in [5.74, 6) is -0.292. The van der Waals surface area contributed by atoms with Crippen LogP contribution in [0.3, 0.4) is 0 Å². The number of anilines is 1. The van der Waals surface area contributed by atoms with Crippen molar-refractivity contribution in [2.45, 2.75) is 6.92 Å². The third-order valence-electron chi connectivity index (χ3n) is 2.89. The summed E-state index contributed by atoms with van der Waals surface area (Å²) >= 11 is 11.1. The van der Waals surface area contributed by atoms with E-state index in [0.29, 0.717) is 5.02 Å². The molecule has 0 aliphatic rings. The normalized spacial score (nSPS) is 10.5. The van der Waals surface area contributed by atoms with E-state index in [9.17, 15) is 4.79 Å². The van der Waals surface area contributed by atoms with Crippen LogP contribution in [0, 0.1) is 6.92 Å². The number of thiocarbonyl (C=S) groups is 1. The van der Waals surface area contributed by atoms with Crippen molar-refractivity contribution in [1.82, 2.24) is 5.32 Å². The van der Waals surface area contributed by atoms with Gasteiger partial charge in [0.1, 0.15) is 0 Å². The molecule has 0 unspecified atom stereocenters. The number of benzene rings is 2. The van der Waals surface area contributed by atoms with Gasteiger partial charge in [-0.15, -0.1) is 0 Å². The molecule has 5 heteroatoms. The molecule has 0 saturated carbocycles. The fourth-order valence-corrected chi connectivity index (χ4v) is 2.12. The lowest BCUT2D eigenvalue weighted by Crippen LogP contribution is -2.32. The van der Waals surface area contributed by atoms with Crippen LogP contribution >= 0.6 is 23.8 Å². The molecule has 0 bridgehead atoms. The molecule has 0 heterocycles. The smallest absolute Gasteiger partial charge is 0.250 e. The molecule has 2 rings (SSSR count). The van der Waals surface area contributed by atoms with Crippen molar-refractivity contribution in [3.8, 4) is 0 Å². The molecule has 0 spiro atoms. The van der Waals surface area contributed by atoms with Crippen molar-refractivity contribution in [3.05, 3.63) is 70.8 Å². The molecule has 0 atom stereocenters. The molecule has 2 aromatic carbocycles. The highest BCUT2D eigenvalue weighted by Gasteiger charge is 2.03. The average molecular weight is 331 g/mol. The van der Waals surface area contributed by atoms with Gasteiger partial charge in [0.2, 0.25) is 5.91 Å². The van der Waals surface area contributed by atoms with Crippen molar-refractivity contribution < 1.29 is 4.79 Å². The predicted octanol–water partition coefficient (Wildman–Crippen LogP) is 4.17. The Kier molecular flexibility index (Phi) is 5.69. The zero-order chi connectivity index (χ0) is 15.9. The van der Waals surface area contributed by atoms with Gasteiger partial charge in [-0.3, -0.25) is 10.1 Å². The van der Waals surface area contributed by atoms with Gasteiger partial charge in [0.25, 0.3) is 0 Å². The monoisotopic (exact) mass is 330 g/mol. The largest absolute Gasteiger partial charge is 0.332 e. The number of hydrogen-bond acceptors (Lipinski definition) is 2. The molecule has 22 heavy (non-hydrogen) atoms. The van der Waals surface area contributed by atoms with Gasteiger partial charge >= 0.3 is 0 Å². The first-order valence-corrected chi connectivity index (χ1v) is 7.44. The Morgan fingerprint density at radius 3 is 2.59 bits per heavy atom. The predicted molar refractivity (Wildman–Crippen MR) is 96.0 cm³/mol. The number of carbonyl (C=O) groups is 1. The molecule has 2 N–H and O–H groups in total. The summed E-state index contributed by atoms with van der Waals surface area (Å²) in [6, 6.07) is 15.0. The van der Waals surface area contributed by atoms with Crippen molar-refractivity contribution in [2.24, 2.45) is 0 Å². The number of hydrogen-bond donors (Lipinski definition) is 2. The van der Waals surface area contributed by atoms with Gasteiger partial charge in [0.05, 0.1) is 0 Å². The van der Waals surface area contributed by atoms with E-state index in [-0.39, 0.29) is 11.0 Å². The summed E-state index contributed by atoms with van der Waals surface area (Å²) in [4.78, 5) is 11.8. The lowest BCUT2D eigenvalue weighted by molar-refractivity contribution is -0.115. The van der Waals surface area contributed by atoms with Gasteiger partial charge in [-0.05, 0) is 48.5 Å². The highest BCUT2D eigenvalue weighted by molar-refractivity contribution is 7.80. The highest BCUT2D eigenvalue weighted by atomic mass is 35.5. The zero-order valence-electron chi connectivity index (χ0n) is 12.0. The minimum atomic E-state index is -0.292. The standard InChI is InChI=1S/C17H15ClN2OS/c1-12-7-9-14(11-15(12)18)19-17(22)20-16(21)10-8-13-5-3-2-4-6-13/h2-11H,1H3,(H2,19,20,21,22). The van der Waals surface area contributed by atoms with Gasteiger partial charge in [0, 0.05) is 16.8 Å². The zero-order valence-corrected chi connectivity index (χ0v) is 13.5. The van der Waals surface area contributed by atoms with Crippen LogP contribution in [0.15, 0.2) is 54.6 Å². The van der Waals surface area contributed by atoms with Gasteiger partial charge < -0.3 is 5.32 Å². The first-order chi connectivity index (χ1) is 10.5. The van der Waals surface area contributed by atoms with Crippen LogP contribution in [-0.4, -0.2) is 11.0 Å². The maximum atomic E-state index is 11.8. The summed E-state index contributed by atoms with van der Waals surface area (Å²) in [6.07, 6.45) is 3.16.